The lowest BCUT2D eigenvalue weighted by molar-refractivity contribution is -0.125. The van der Waals surface area contributed by atoms with Gasteiger partial charge in [0.05, 0.1) is 6.54 Å². The van der Waals surface area contributed by atoms with Crippen LogP contribution in [0.2, 0.25) is 0 Å². The van der Waals surface area contributed by atoms with Crippen LogP contribution in [-0.2, 0) is 9.53 Å². The van der Waals surface area contributed by atoms with Crippen LogP contribution in [0.3, 0.4) is 0 Å². The predicted molar refractivity (Wildman–Crippen MR) is 85.5 cm³/mol. The Balaban J connectivity index is 1.64. The number of fused-ring (bicyclic) bond motifs is 1. The highest BCUT2D eigenvalue weighted by molar-refractivity contribution is 5.79. The summed E-state index contributed by atoms with van der Waals surface area (Å²) in [5.74, 6) is 0.924. The molecular weight excluding hydrogens is 278 g/mol. The second-order valence-electron chi connectivity index (χ2n) is 5.64. The zero-order valence-electron chi connectivity index (χ0n) is 12.7. The van der Waals surface area contributed by atoms with Crippen molar-refractivity contribution in [3.63, 3.8) is 0 Å². The molecule has 0 saturated carbocycles. The fourth-order valence-electron chi connectivity index (χ4n) is 2.83. The fourth-order valence-corrected chi connectivity index (χ4v) is 2.83. The number of furan rings is 1. The quantitative estimate of drug-likeness (QED) is 0.858. The zero-order chi connectivity index (χ0) is 15.4. The molecule has 22 heavy (non-hydrogen) atoms. The number of ether oxygens (including phenoxy) is 1. The van der Waals surface area contributed by atoms with Gasteiger partial charge in [-0.1, -0.05) is 30.4 Å². The number of methoxy groups -OCH3 is 1. The van der Waals surface area contributed by atoms with Gasteiger partial charge in [-0.2, -0.15) is 0 Å². The Kier molecular flexibility index (Phi) is 4.59. The summed E-state index contributed by atoms with van der Waals surface area (Å²) in [7, 11) is 1.63. The van der Waals surface area contributed by atoms with Crippen molar-refractivity contribution < 1.29 is 13.9 Å². The molecule has 116 valence electrons. The smallest absolute Gasteiger partial charge is 0.223 e. The lowest BCUT2D eigenvalue weighted by atomic mass is 9.93. The summed E-state index contributed by atoms with van der Waals surface area (Å²) in [5.41, 5.74) is 0.836. The Morgan fingerprint density at radius 2 is 2.27 bits per heavy atom. The van der Waals surface area contributed by atoms with E-state index in [2.05, 4.69) is 17.5 Å². The minimum Gasteiger partial charge on any atom is -0.458 e. The standard InChI is InChI=1S/C18H21NO3/c1-21-17(12-19-18(20)13-7-3-2-4-8-13)16-11-14-9-5-6-10-15(14)22-16/h2-3,5-6,9-11,13,17H,4,7-8,12H2,1H3,(H,19,20)/t13-,17+/m1/s1. The Morgan fingerprint density at radius 3 is 3.00 bits per heavy atom. The lowest BCUT2D eigenvalue weighted by Crippen LogP contribution is -2.34. The first-order valence-corrected chi connectivity index (χ1v) is 7.72. The van der Waals surface area contributed by atoms with E-state index in [0.717, 1.165) is 36.0 Å². The Labute approximate surface area is 130 Å². The molecule has 1 heterocycles. The van der Waals surface area contributed by atoms with E-state index in [4.69, 9.17) is 9.15 Å². The van der Waals surface area contributed by atoms with Crippen LogP contribution in [0.5, 0.6) is 0 Å². The molecule has 0 spiro atoms. The van der Waals surface area contributed by atoms with E-state index in [0.29, 0.717) is 6.54 Å². The van der Waals surface area contributed by atoms with E-state index < -0.39 is 0 Å². The van der Waals surface area contributed by atoms with Gasteiger partial charge >= 0.3 is 0 Å². The van der Waals surface area contributed by atoms with Crippen LogP contribution < -0.4 is 5.32 Å². The molecule has 4 nitrogen and oxygen atoms in total. The first-order chi connectivity index (χ1) is 10.8. The summed E-state index contributed by atoms with van der Waals surface area (Å²) in [6.07, 6.45) is 6.68. The van der Waals surface area contributed by atoms with E-state index in [9.17, 15) is 4.79 Å². The van der Waals surface area contributed by atoms with Crippen LogP contribution in [0.1, 0.15) is 31.1 Å². The van der Waals surface area contributed by atoms with Crippen LogP contribution in [0.25, 0.3) is 11.0 Å². The molecule has 4 heteroatoms. The summed E-state index contributed by atoms with van der Waals surface area (Å²) < 4.78 is 11.3. The highest BCUT2D eigenvalue weighted by Gasteiger charge is 2.21. The van der Waals surface area contributed by atoms with Gasteiger partial charge in [-0.25, -0.2) is 0 Å². The average molecular weight is 299 g/mol. The van der Waals surface area contributed by atoms with Crippen LogP contribution in [0.15, 0.2) is 46.9 Å². The molecule has 2 atom stereocenters. The van der Waals surface area contributed by atoms with Gasteiger partial charge in [-0.15, -0.1) is 0 Å². The lowest BCUT2D eigenvalue weighted by Gasteiger charge is -2.19. The van der Waals surface area contributed by atoms with Gasteiger partial charge in [0.1, 0.15) is 17.4 Å². The van der Waals surface area contributed by atoms with Crippen molar-refractivity contribution in [2.24, 2.45) is 5.92 Å². The summed E-state index contributed by atoms with van der Waals surface area (Å²) in [4.78, 5) is 12.2. The first kappa shape index (κ1) is 14.9. The van der Waals surface area contributed by atoms with Gasteiger partial charge in [-0.05, 0) is 31.4 Å². The van der Waals surface area contributed by atoms with Gasteiger partial charge in [-0.3, -0.25) is 4.79 Å². The minimum atomic E-state index is -0.268. The van der Waals surface area contributed by atoms with E-state index in [1.807, 2.05) is 30.3 Å². The summed E-state index contributed by atoms with van der Waals surface area (Å²) in [6, 6.07) is 9.82. The number of hydrogen-bond acceptors (Lipinski definition) is 3. The number of amides is 1. The topological polar surface area (TPSA) is 51.5 Å². The number of rotatable bonds is 5. The zero-order valence-corrected chi connectivity index (χ0v) is 12.7. The second-order valence-corrected chi connectivity index (χ2v) is 5.64. The van der Waals surface area contributed by atoms with Gasteiger partial charge in [0.15, 0.2) is 0 Å². The van der Waals surface area contributed by atoms with Crippen molar-refractivity contribution in [1.29, 1.82) is 0 Å². The predicted octanol–water partition coefficient (Wildman–Crippen LogP) is 3.59. The SMILES string of the molecule is CO[C@@H](CNC(=O)[C@@H]1CC=CCC1)c1cc2ccccc2o1. The fraction of sp³-hybridized carbons (Fsp3) is 0.389. The number of benzene rings is 1. The van der Waals surface area contributed by atoms with E-state index in [1.165, 1.54) is 0 Å². The molecule has 1 amide bonds. The van der Waals surface area contributed by atoms with Crippen molar-refractivity contribution in [3.05, 3.63) is 48.2 Å². The van der Waals surface area contributed by atoms with E-state index in [1.54, 1.807) is 7.11 Å². The summed E-state index contributed by atoms with van der Waals surface area (Å²) in [5, 5.41) is 4.03. The molecule has 0 fully saturated rings. The third kappa shape index (κ3) is 3.22. The molecule has 1 aromatic carbocycles. The molecule has 1 aliphatic rings. The molecule has 2 aromatic rings. The van der Waals surface area contributed by atoms with Crippen LogP contribution in [0.4, 0.5) is 0 Å². The molecular formula is C18H21NO3. The normalized spacial score (nSPS) is 19.2. The Hall–Kier alpha value is -2.07. The molecule has 0 unspecified atom stereocenters. The van der Waals surface area contributed by atoms with Gasteiger partial charge in [0, 0.05) is 18.4 Å². The third-order valence-electron chi connectivity index (χ3n) is 4.15. The maximum absolute atomic E-state index is 12.2. The summed E-state index contributed by atoms with van der Waals surface area (Å²) >= 11 is 0. The number of allylic oxidation sites excluding steroid dienone is 2. The van der Waals surface area contributed by atoms with Crippen molar-refractivity contribution in [3.8, 4) is 0 Å². The van der Waals surface area contributed by atoms with E-state index in [-0.39, 0.29) is 17.9 Å². The molecule has 1 aliphatic carbocycles. The summed E-state index contributed by atoms with van der Waals surface area (Å²) in [6.45, 7) is 0.426. The van der Waals surface area contributed by atoms with Crippen LogP contribution >= 0.6 is 0 Å². The number of carbonyl (C=O) groups is 1. The van der Waals surface area contributed by atoms with Crippen LogP contribution in [0, 0.1) is 5.92 Å². The molecule has 0 radical (unpaired) electrons. The monoisotopic (exact) mass is 299 g/mol. The maximum atomic E-state index is 12.2. The highest BCUT2D eigenvalue weighted by Crippen LogP contribution is 2.25. The van der Waals surface area contributed by atoms with Crippen molar-refractivity contribution in [1.82, 2.24) is 5.32 Å². The first-order valence-electron chi connectivity index (χ1n) is 7.72. The van der Waals surface area contributed by atoms with E-state index >= 15 is 0 Å². The number of carbonyl (C=O) groups excluding carboxylic acids is 1. The Bertz CT molecular complexity index is 641. The van der Waals surface area contributed by atoms with Gasteiger partial charge in [0.25, 0.3) is 0 Å². The van der Waals surface area contributed by atoms with Gasteiger partial charge < -0.3 is 14.5 Å². The van der Waals surface area contributed by atoms with Gasteiger partial charge in [0.2, 0.25) is 5.91 Å². The number of hydrogen-bond donors (Lipinski definition) is 1. The minimum absolute atomic E-state index is 0.0816. The van der Waals surface area contributed by atoms with Crippen LogP contribution in [-0.4, -0.2) is 19.6 Å². The molecule has 1 N–H and O–H groups in total. The highest BCUT2D eigenvalue weighted by atomic mass is 16.5. The maximum Gasteiger partial charge on any atom is 0.223 e. The molecule has 0 aliphatic heterocycles. The van der Waals surface area contributed by atoms with Crippen molar-refractivity contribution in [2.45, 2.75) is 25.4 Å². The second kappa shape index (κ2) is 6.79. The molecule has 3 rings (SSSR count). The average Bonchev–Trinajstić information content (AvgIpc) is 3.00. The number of para-hydroxylation sites is 1. The Morgan fingerprint density at radius 1 is 1.41 bits per heavy atom. The molecule has 0 bridgehead atoms. The number of nitrogens with one attached hydrogen (secondary N) is 1. The third-order valence-corrected chi connectivity index (χ3v) is 4.15. The molecule has 0 saturated heterocycles. The van der Waals surface area contributed by atoms with Crippen molar-refractivity contribution in [2.75, 3.05) is 13.7 Å². The molecule has 1 aromatic heterocycles. The largest absolute Gasteiger partial charge is 0.458 e. The van der Waals surface area contributed by atoms with Crippen molar-refractivity contribution >= 4 is 16.9 Å².